The summed E-state index contributed by atoms with van der Waals surface area (Å²) in [4.78, 5) is 16.9. The molecule has 0 bridgehead atoms. The second-order valence-corrected chi connectivity index (χ2v) is 9.43. The zero-order valence-corrected chi connectivity index (χ0v) is 20.4. The van der Waals surface area contributed by atoms with Crippen LogP contribution in [0.3, 0.4) is 0 Å². The molecule has 0 unspecified atom stereocenters. The van der Waals surface area contributed by atoms with Crippen molar-refractivity contribution in [1.82, 2.24) is 14.4 Å². The standard InChI is InChI=1S/C27H28BrN3O2/c1-2-31-25-6-4-3-5-23(25)24-17-20(7-12-26(24)31)18-29-13-15-30(16-14-29)27(32)19-33-22-10-8-21(28)9-11-22/h3-12,17H,2,13-16,18-19H2,1H3. The van der Waals surface area contributed by atoms with Gasteiger partial charge in [-0.15, -0.1) is 0 Å². The number of ether oxygens (including phenoxy) is 1. The maximum absolute atomic E-state index is 12.6. The molecule has 4 aromatic rings. The molecule has 1 saturated heterocycles. The smallest absolute Gasteiger partial charge is 0.260 e. The number of aromatic nitrogens is 1. The highest BCUT2D eigenvalue weighted by Gasteiger charge is 2.22. The molecule has 33 heavy (non-hydrogen) atoms. The van der Waals surface area contributed by atoms with E-state index in [-0.39, 0.29) is 12.5 Å². The third-order valence-electron chi connectivity index (χ3n) is 6.46. The van der Waals surface area contributed by atoms with Gasteiger partial charge in [0.25, 0.3) is 5.91 Å². The number of hydrogen-bond donors (Lipinski definition) is 0. The molecule has 1 aliphatic rings. The summed E-state index contributed by atoms with van der Waals surface area (Å²) in [7, 11) is 0. The van der Waals surface area contributed by atoms with Crippen LogP contribution in [0.15, 0.2) is 71.2 Å². The lowest BCUT2D eigenvalue weighted by Crippen LogP contribution is -2.49. The quantitative estimate of drug-likeness (QED) is 0.356. The predicted octanol–water partition coefficient (Wildman–Crippen LogP) is 5.30. The first-order valence-corrected chi connectivity index (χ1v) is 12.3. The Morgan fingerprint density at radius 1 is 0.909 bits per heavy atom. The fraction of sp³-hybridized carbons (Fsp3) is 0.296. The SMILES string of the molecule is CCn1c2ccccc2c2cc(CN3CCN(C(=O)COc4ccc(Br)cc4)CC3)ccc21. The molecule has 1 aromatic heterocycles. The van der Waals surface area contributed by atoms with Crippen molar-refractivity contribution >= 4 is 43.6 Å². The zero-order chi connectivity index (χ0) is 22.8. The maximum Gasteiger partial charge on any atom is 0.260 e. The van der Waals surface area contributed by atoms with E-state index in [1.807, 2.05) is 29.2 Å². The van der Waals surface area contributed by atoms with Crippen LogP contribution in [0.1, 0.15) is 12.5 Å². The van der Waals surface area contributed by atoms with Gasteiger partial charge >= 0.3 is 0 Å². The van der Waals surface area contributed by atoms with Crippen molar-refractivity contribution in [2.75, 3.05) is 32.8 Å². The van der Waals surface area contributed by atoms with Crippen molar-refractivity contribution in [3.8, 4) is 5.75 Å². The van der Waals surface area contributed by atoms with Crippen LogP contribution in [0.2, 0.25) is 0 Å². The number of piperazine rings is 1. The minimum Gasteiger partial charge on any atom is -0.484 e. The maximum atomic E-state index is 12.6. The molecule has 1 aliphatic heterocycles. The van der Waals surface area contributed by atoms with Crippen molar-refractivity contribution in [1.29, 1.82) is 0 Å². The number of carbonyl (C=O) groups excluding carboxylic acids is 1. The van der Waals surface area contributed by atoms with Crippen LogP contribution < -0.4 is 4.74 Å². The van der Waals surface area contributed by atoms with Gasteiger partial charge in [-0.05, 0) is 55.0 Å². The minimum atomic E-state index is 0.0476. The molecule has 5 rings (SSSR count). The zero-order valence-electron chi connectivity index (χ0n) is 18.8. The average Bonchev–Trinajstić information content (AvgIpc) is 3.17. The van der Waals surface area contributed by atoms with E-state index in [1.165, 1.54) is 27.4 Å². The number of benzene rings is 3. The molecule has 3 aromatic carbocycles. The molecule has 6 heteroatoms. The Morgan fingerprint density at radius 2 is 1.64 bits per heavy atom. The molecule has 170 valence electrons. The molecule has 2 heterocycles. The number of aryl methyl sites for hydroxylation is 1. The van der Waals surface area contributed by atoms with Gasteiger partial charge in [-0.3, -0.25) is 9.69 Å². The Hall–Kier alpha value is -2.83. The van der Waals surface area contributed by atoms with Crippen molar-refractivity contribution in [3.05, 3.63) is 76.8 Å². The van der Waals surface area contributed by atoms with Crippen molar-refractivity contribution < 1.29 is 9.53 Å². The van der Waals surface area contributed by atoms with Crippen LogP contribution in [0.5, 0.6) is 5.75 Å². The van der Waals surface area contributed by atoms with Gasteiger partial charge in [0.2, 0.25) is 0 Å². The third kappa shape index (κ3) is 4.63. The van der Waals surface area contributed by atoms with Crippen LogP contribution in [0, 0.1) is 0 Å². The summed E-state index contributed by atoms with van der Waals surface area (Å²) >= 11 is 3.41. The molecular formula is C27H28BrN3O2. The molecule has 1 amide bonds. The fourth-order valence-corrected chi connectivity index (χ4v) is 4.98. The summed E-state index contributed by atoms with van der Waals surface area (Å²) in [5, 5.41) is 2.64. The fourth-order valence-electron chi connectivity index (χ4n) is 4.72. The van der Waals surface area contributed by atoms with Crippen LogP contribution in [-0.4, -0.2) is 53.1 Å². The molecule has 0 atom stereocenters. The van der Waals surface area contributed by atoms with Crippen molar-refractivity contribution in [2.24, 2.45) is 0 Å². The lowest BCUT2D eigenvalue weighted by Gasteiger charge is -2.34. The van der Waals surface area contributed by atoms with Crippen molar-refractivity contribution in [3.63, 3.8) is 0 Å². The van der Waals surface area contributed by atoms with E-state index in [0.29, 0.717) is 5.75 Å². The lowest BCUT2D eigenvalue weighted by molar-refractivity contribution is -0.135. The first-order valence-electron chi connectivity index (χ1n) is 11.5. The molecule has 0 radical (unpaired) electrons. The number of rotatable bonds is 6. The van der Waals surface area contributed by atoms with Crippen LogP contribution in [0.4, 0.5) is 0 Å². The van der Waals surface area contributed by atoms with Gasteiger partial charge in [0, 0.05) is 65.5 Å². The van der Waals surface area contributed by atoms with E-state index >= 15 is 0 Å². The highest BCUT2D eigenvalue weighted by Crippen LogP contribution is 2.30. The first kappa shape index (κ1) is 22.0. The second kappa shape index (κ2) is 9.57. The van der Waals surface area contributed by atoms with Gasteiger partial charge in [0.15, 0.2) is 6.61 Å². The van der Waals surface area contributed by atoms with E-state index in [1.54, 1.807) is 0 Å². The van der Waals surface area contributed by atoms with E-state index in [9.17, 15) is 4.79 Å². The molecule has 0 spiro atoms. The summed E-state index contributed by atoms with van der Waals surface area (Å²) in [6, 6.07) is 23.0. The lowest BCUT2D eigenvalue weighted by atomic mass is 10.1. The Kier molecular flexibility index (Phi) is 6.38. The summed E-state index contributed by atoms with van der Waals surface area (Å²) in [6.45, 7) is 7.37. The van der Waals surface area contributed by atoms with Gasteiger partial charge in [-0.1, -0.05) is 40.2 Å². The highest BCUT2D eigenvalue weighted by atomic mass is 79.9. The predicted molar refractivity (Wildman–Crippen MR) is 137 cm³/mol. The second-order valence-electron chi connectivity index (χ2n) is 8.51. The summed E-state index contributed by atoms with van der Waals surface area (Å²) in [5.74, 6) is 0.761. The average molecular weight is 506 g/mol. The first-order chi connectivity index (χ1) is 16.1. The van der Waals surface area contributed by atoms with Crippen LogP contribution in [0.25, 0.3) is 21.8 Å². The highest BCUT2D eigenvalue weighted by molar-refractivity contribution is 9.10. The normalized spacial score (nSPS) is 14.8. The van der Waals surface area contributed by atoms with E-state index in [2.05, 4.69) is 74.8 Å². The Labute approximate surface area is 202 Å². The van der Waals surface area contributed by atoms with Crippen molar-refractivity contribution in [2.45, 2.75) is 20.0 Å². The third-order valence-corrected chi connectivity index (χ3v) is 6.99. The minimum absolute atomic E-state index is 0.0476. The number of fused-ring (bicyclic) bond motifs is 3. The number of para-hydroxylation sites is 1. The van der Waals surface area contributed by atoms with Gasteiger partial charge in [0.1, 0.15) is 5.75 Å². The number of hydrogen-bond acceptors (Lipinski definition) is 3. The van der Waals surface area contributed by atoms with Gasteiger partial charge < -0.3 is 14.2 Å². The van der Waals surface area contributed by atoms with Crippen LogP contribution in [-0.2, 0) is 17.9 Å². The number of amides is 1. The number of nitrogens with zero attached hydrogens (tertiary/aromatic N) is 3. The molecular weight excluding hydrogens is 478 g/mol. The number of carbonyl (C=O) groups is 1. The summed E-state index contributed by atoms with van der Waals surface area (Å²) in [6.07, 6.45) is 0. The summed E-state index contributed by atoms with van der Waals surface area (Å²) in [5.41, 5.74) is 3.91. The monoisotopic (exact) mass is 505 g/mol. The van der Waals surface area contributed by atoms with Gasteiger partial charge in [-0.2, -0.15) is 0 Å². The summed E-state index contributed by atoms with van der Waals surface area (Å²) < 4.78 is 9.04. The van der Waals surface area contributed by atoms with Crippen LogP contribution >= 0.6 is 15.9 Å². The topological polar surface area (TPSA) is 37.7 Å². The van der Waals surface area contributed by atoms with Gasteiger partial charge in [0.05, 0.1) is 0 Å². The van der Waals surface area contributed by atoms with E-state index in [4.69, 9.17) is 4.74 Å². The number of halogens is 1. The molecule has 0 aliphatic carbocycles. The van der Waals surface area contributed by atoms with Gasteiger partial charge in [-0.25, -0.2) is 0 Å². The largest absolute Gasteiger partial charge is 0.484 e. The van der Waals surface area contributed by atoms with E-state index in [0.717, 1.165) is 43.7 Å². The Bertz CT molecular complexity index is 1270. The van der Waals surface area contributed by atoms with E-state index < -0.39 is 0 Å². The molecule has 1 fully saturated rings. The Balaban J connectivity index is 1.20. The Morgan fingerprint density at radius 3 is 2.39 bits per heavy atom. The molecule has 0 N–H and O–H groups in total. The molecule has 0 saturated carbocycles. The molecule has 5 nitrogen and oxygen atoms in total.